The van der Waals surface area contributed by atoms with Gasteiger partial charge >= 0.3 is 29.2 Å². The zero-order valence-corrected chi connectivity index (χ0v) is 17.6. The van der Waals surface area contributed by atoms with Crippen molar-refractivity contribution < 1.29 is 36.2 Å². The molecule has 0 aliphatic heterocycles. The average molecular weight is 453 g/mol. The van der Waals surface area contributed by atoms with Gasteiger partial charge in [0, 0.05) is 5.75 Å². The molecule has 154 valence electrons. The third-order valence-corrected chi connectivity index (χ3v) is 5.67. The predicted octanol–water partition coefficient (Wildman–Crippen LogP) is 1.32. The summed E-state index contributed by atoms with van der Waals surface area (Å²) in [5, 5.41) is 33.4. The van der Waals surface area contributed by atoms with E-state index in [0.29, 0.717) is 6.07 Å². The van der Waals surface area contributed by atoms with Crippen molar-refractivity contribution in [3.05, 3.63) is 59.4 Å². The molecule has 2 aromatic carbocycles. The molecule has 2 aromatic rings. The molecule has 0 N–H and O–H groups in total. The van der Waals surface area contributed by atoms with Gasteiger partial charge in [0.15, 0.2) is 9.84 Å². The monoisotopic (exact) mass is 452 g/mol. The van der Waals surface area contributed by atoms with Crippen LogP contribution in [0.25, 0.3) is 0 Å². The third kappa shape index (κ3) is 6.15. The fourth-order valence-corrected chi connectivity index (χ4v) is 3.89. The molecule has 0 radical (unpaired) electrons. The van der Waals surface area contributed by atoms with E-state index in [1.54, 1.807) is 0 Å². The van der Waals surface area contributed by atoms with E-state index in [-0.39, 0.29) is 23.1 Å². The Bertz CT molecular complexity index is 1090. The van der Waals surface area contributed by atoms with E-state index in [9.17, 15) is 36.2 Å². The summed E-state index contributed by atoms with van der Waals surface area (Å²) in [5.74, 6) is -3.46. The maximum Gasteiger partial charge on any atom is 2.00 e. The molecule has 0 aliphatic carbocycles. The van der Waals surface area contributed by atoms with Crippen molar-refractivity contribution in [3.8, 4) is 6.07 Å². The Kier molecular flexibility index (Phi) is 8.00. The Hall–Kier alpha value is -2.20. The fourth-order valence-electron chi connectivity index (χ4n) is 2.32. The van der Waals surface area contributed by atoms with Crippen molar-refractivity contribution in [2.75, 3.05) is 5.75 Å². The first-order valence-corrected chi connectivity index (χ1v) is 9.48. The first kappa shape index (κ1) is 25.8. The van der Waals surface area contributed by atoms with Gasteiger partial charge in [0.05, 0.1) is 27.8 Å². The van der Waals surface area contributed by atoms with E-state index in [4.69, 9.17) is 5.26 Å². The van der Waals surface area contributed by atoms with E-state index in [0.717, 1.165) is 43.3 Å². The first-order valence-electron chi connectivity index (χ1n) is 7.82. The van der Waals surface area contributed by atoms with E-state index in [1.807, 2.05) is 0 Å². The summed E-state index contributed by atoms with van der Waals surface area (Å²) in [6, 6.07) is 7.03. The Labute approximate surface area is 185 Å². The molecule has 2 rings (SSSR count). The minimum Gasteiger partial charge on any atom is -0.862 e. The number of hydrogen-bond acceptors (Lipinski definition) is 6. The first-order chi connectivity index (χ1) is 13.3. The normalized spacial score (nSPS) is 14.4. The number of alkyl halides is 3. The number of sulfone groups is 1. The van der Waals surface area contributed by atoms with E-state index in [1.165, 1.54) is 6.07 Å². The van der Waals surface area contributed by atoms with Crippen LogP contribution in [0.4, 0.5) is 23.2 Å². The second-order valence-electron chi connectivity index (χ2n) is 6.20. The van der Waals surface area contributed by atoms with Crippen LogP contribution in [0.15, 0.2) is 52.4 Å². The number of nitrogens with zero attached hydrogens (tertiary/aromatic N) is 2. The molecule has 0 aromatic heterocycles. The second-order valence-corrected chi connectivity index (χ2v) is 8.19. The van der Waals surface area contributed by atoms with Crippen molar-refractivity contribution in [2.24, 2.45) is 4.99 Å². The molecule has 0 amide bonds. The van der Waals surface area contributed by atoms with Crippen molar-refractivity contribution in [2.45, 2.75) is 23.6 Å². The van der Waals surface area contributed by atoms with Crippen molar-refractivity contribution in [3.63, 3.8) is 0 Å². The van der Waals surface area contributed by atoms with E-state index >= 15 is 0 Å². The Morgan fingerprint density at radius 1 is 1.17 bits per heavy atom. The zero-order valence-electron chi connectivity index (χ0n) is 15.4. The molecule has 0 saturated carbocycles. The third-order valence-electron chi connectivity index (χ3n) is 3.75. The van der Waals surface area contributed by atoms with Gasteiger partial charge in [-0.25, -0.2) is 12.8 Å². The van der Waals surface area contributed by atoms with Gasteiger partial charge in [0.2, 0.25) is 0 Å². The smallest absolute Gasteiger partial charge is 0.862 e. The average Bonchev–Trinajstić information content (AvgIpc) is 2.60. The quantitative estimate of drug-likeness (QED) is 0.223. The largest absolute Gasteiger partial charge is 2.00 e. The fraction of sp³-hybridized carbons (Fsp3) is 0.222. The summed E-state index contributed by atoms with van der Waals surface area (Å²) >= 11 is 0. The Morgan fingerprint density at radius 3 is 2.23 bits per heavy atom. The maximum atomic E-state index is 13.0. The Balaban J connectivity index is 0.00000450. The van der Waals surface area contributed by atoms with Crippen LogP contribution < -0.4 is 10.2 Å². The predicted molar refractivity (Wildman–Crippen MR) is 95.9 cm³/mol. The molecular formula is C18H12F4MgN2O4S. The molecule has 1 atom stereocenters. The number of halogens is 4. The molecule has 0 fully saturated rings. The molecular weight excluding hydrogens is 441 g/mol. The SMILES string of the molecule is CC([O-])(CS(=O)(=O)c1ccc(F)cc1)C([O-])=Nc1ccc(C#N)c(C(F)(F)F)c1.[Mg+2]. The van der Waals surface area contributed by atoms with Gasteiger partial charge in [-0.3, -0.25) is 4.99 Å². The molecule has 1 unspecified atom stereocenters. The standard InChI is InChI=1S/C18H13F4N2O4S.Mg/c1-17(26,10-29(27,28)14-6-3-12(19)4-7-14)16(25)24-13-5-2-11(9-23)15(8-13)18(20,21)22;/h2-8H,10H2,1H3,(H,24,25);/q-1;+2/p-1. The van der Waals surface area contributed by atoms with Gasteiger partial charge in [0.1, 0.15) is 5.82 Å². The molecule has 0 aliphatic rings. The number of nitriles is 1. The van der Waals surface area contributed by atoms with Gasteiger partial charge in [-0.05, 0) is 48.4 Å². The Morgan fingerprint density at radius 2 is 1.73 bits per heavy atom. The van der Waals surface area contributed by atoms with Crippen LogP contribution in [-0.4, -0.2) is 48.7 Å². The van der Waals surface area contributed by atoms with Gasteiger partial charge in [0.25, 0.3) is 0 Å². The maximum absolute atomic E-state index is 13.0. The summed E-state index contributed by atoms with van der Waals surface area (Å²) < 4.78 is 76.4. The van der Waals surface area contributed by atoms with E-state index < -0.39 is 60.8 Å². The molecule has 6 nitrogen and oxygen atoms in total. The van der Waals surface area contributed by atoms with Crippen LogP contribution >= 0.6 is 0 Å². The van der Waals surface area contributed by atoms with Crippen LogP contribution in [0.5, 0.6) is 0 Å². The van der Waals surface area contributed by atoms with Crippen LogP contribution in [0.1, 0.15) is 18.1 Å². The number of rotatable bonds is 5. The summed E-state index contributed by atoms with van der Waals surface area (Å²) in [4.78, 5) is 2.89. The minimum atomic E-state index is -4.90. The zero-order chi connectivity index (χ0) is 22.0. The summed E-state index contributed by atoms with van der Waals surface area (Å²) in [6.07, 6.45) is -4.90. The topological polar surface area (TPSA) is 116 Å². The second kappa shape index (κ2) is 9.30. The number of hydrogen-bond donors (Lipinski definition) is 0. The summed E-state index contributed by atoms with van der Waals surface area (Å²) in [6.45, 7) is 0.730. The molecule has 12 heteroatoms. The number of benzene rings is 2. The number of aliphatic imine (C=N–C) groups is 1. The van der Waals surface area contributed by atoms with Crippen LogP contribution in [-0.2, 0) is 16.0 Å². The van der Waals surface area contributed by atoms with Crippen molar-refractivity contribution in [1.29, 1.82) is 5.26 Å². The van der Waals surface area contributed by atoms with Gasteiger partial charge in [-0.15, -0.1) is 0 Å². The van der Waals surface area contributed by atoms with Gasteiger partial charge in [-0.1, -0.05) is 12.5 Å². The molecule has 0 bridgehead atoms. The molecule has 0 heterocycles. The van der Waals surface area contributed by atoms with Gasteiger partial charge in [-0.2, -0.15) is 18.4 Å². The van der Waals surface area contributed by atoms with E-state index in [2.05, 4.69) is 4.99 Å². The molecule has 30 heavy (non-hydrogen) atoms. The summed E-state index contributed by atoms with van der Waals surface area (Å²) in [7, 11) is -4.30. The van der Waals surface area contributed by atoms with Crippen molar-refractivity contribution in [1.82, 2.24) is 0 Å². The van der Waals surface area contributed by atoms with Crippen LogP contribution in [0, 0.1) is 17.1 Å². The molecule has 0 saturated heterocycles. The van der Waals surface area contributed by atoms with Crippen molar-refractivity contribution >= 4 is 44.5 Å². The van der Waals surface area contributed by atoms with Crippen LogP contribution in [0.2, 0.25) is 0 Å². The van der Waals surface area contributed by atoms with Gasteiger partial charge < -0.3 is 10.2 Å². The molecule has 0 spiro atoms. The minimum absolute atomic E-state index is 0. The van der Waals surface area contributed by atoms with Crippen LogP contribution in [0.3, 0.4) is 0 Å². The summed E-state index contributed by atoms with van der Waals surface area (Å²) in [5.41, 5.74) is -5.42.